The number of aryl methyl sites for hydroxylation is 1. The summed E-state index contributed by atoms with van der Waals surface area (Å²) in [6.07, 6.45) is 4.10. The zero-order valence-electron chi connectivity index (χ0n) is 12.6. The van der Waals surface area contributed by atoms with Crippen LogP contribution in [0.25, 0.3) is 0 Å². The lowest BCUT2D eigenvalue weighted by Gasteiger charge is -2.31. The number of ether oxygens (including phenoxy) is 1. The summed E-state index contributed by atoms with van der Waals surface area (Å²) in [7, 11) is 0. The monoisotopic (exact) mass is 301 g/mol. The number of nitrogens with zero attached hydrogens (tertiary/aromatic N) is 6. The Morgan fingerprint density at radius 3 is 3.14 bits per heavy atom. The summed E-state index contributed by atoms with van der Waals surface area (Å²) < 4.78 is 7.57. The highest BCUT2D eigenvalue weighted by Crippen LogP contribution is 2.19. The third kappa shape index (κ3) is 3.32. The molecule has 22 heavy (non-hydrogen) atoms. The van der Waals surface area contributed by atoms with Crippen LogP contribution < -0.4 is 0 Å². The van der Waals surface area contributed by atoms with Crippen LogP contribution in [-0.2, 0) is 17.7 Å². The van der Waals surface area contributed by atoms with Crippen LogP contribution in [0.2, 0.25) is 0 Å². The predicted molar refractivity (Wildman–Crippen MR) is 77.8 cm³/mol. The highest BCUT2D eigenvalue weighted by atomic mass is 16.5. The number of aromatic nitrogens is 5. The first-order chi connectivity index (χ1) is 10.8. The SMILES string of the molecule is CCc1nc(C2CN(CCn3cc(C#N)cn3)CCO2)n[nH]1. The van der Waals surface area contributed by atoms with Gasteiger partial charge in [-0.05, 0) is 0 Å². The maximum absolute atomic E-state index is 8.80. The molecule has 2 aromatic rings. The molecule has 0 bridgehead atoms. The molecule has 3 heterocycles. The third-order valence-corrected chi connectivity index (χ3v) is 3.73. The second-order valence-corrected chi connectivity index (χ2v) is 5.26. The molecule has 0 radical (unpaired) electrons. The number of nitrogens with one attached hydrogen (secondary N) is 1. The minimum atomic E-state index is -0.0856. The minimum Gasteiger partial charge on any atom is -0.367 e. The van der Waals surface area contributed by atoms with Crippen LogP contribution in [-0.4, -0.2) is 56.1 Å². The van der Waals surface area contributed by atoms with Gasteiger partial charge < -0.3 is 4.74 Å². The van der Waals surface area contributed by atoms with Gasteiger partial charge in [0, 0.05) is 32.3 Å². The van der Waals surface area contributed by atoms with Crippen LogP contribution in [0.1, 0.15) is 30.2 Å². The summed E-state index contributed by atoms with van der Waals surface area (Å²) in [5.74, 6) is 1.61. The Morgan fingerprint density at radius 1 is 1.50 bits per heavy atom. The molecule has 8 nitrogen and oxygen atoms in total. The van der Waals surface area contributed by atoms with Crippen molar-refractivity contribution in [2.75, 3.05) is 26.2 Å². The fourth-order valence-electron chi connectivity index (χ4n) is 2.46. The van der Waals surface area contributed by atoms with Crippen molar-refractivity contribution >= 4 is 0 Å². The lowest BCUT2D eigenvalue weighted by molar-refractivity contribution is -0.0352. The summed E-state index contributed by atoms with van der Waals surface area (Å²) in [5.41, 5.74) is 0.590. The molecule has 0 amide bonds. The summed E-state index contributed by atoms with van der Waals surface area (Å²) in [5, 5.41) is 20.1. The van der Waals surface area contributed by atoms with Crippen molar-refractivity contribution < 1.29 is 4.74 Å². The van der Waals surface area contributed by atoms with E-state index in [9.17, 15) is 0 Å². The quantitative estimate of drug-likeness (QED) is 0.864. The molecule has 1 fully saturated rings. The standard InChI is InChI=1S/C14H19N7O/c1-2-13-17-14(19-18-13)12-10-20(5-6-22-12)3-4-21-9-11(7-15)8-16-21/h8-9,12H,2-6,10H2,1H3,(H,17,18,19). The molecule has 1 N–H and O–H groups in total. The Hall–Kier alpha value is -2.24. The number of morpholine rings is 1. The maximum atomic E-state index is 8.80. The van der Waals surface area contributed by atoms with Crippen LogP contribution in [0.5, 0.6) is 0 Å². The summed E-state index contributed by atoms with van der Waals surface area (Å²) >= 11 is 0. The molecule has 1 aliphatic heterocycles. The molecule has 116 valence electrons. The van der Waals surface area contributed by atoms with Crippen LogP contribution in [0, 0.1) is 11.3 Å². The number of aromatic amines is 1. The van der Waals surface area contributed by atoms with Gasteiger partial charge in [-0.15, -0.1) is 0 Å². The van der Waals surface area contributed by atoms with Crippen LogP contribution in [0.3, 0.4) is 0 Å². The molecule has 0 saturated carbocycles. The van der Waals surface area contributed by atoms with E-state index in [2.05, 4.69) is 31.2 Å². The molecule has 1 saturated heterocycles. The molecular formula is C14H19N7O. The van der Waals surface area contributed by atoms with Gasteiger partial charge >= 0.3 is 0 Å². The molecule has 0 aromatic carbocycles. The predicted octanol–water partition coefficient (Wildman–Crippen LogP) is 0.509. The molecule has 3 rings (SSSR count). The Morgan fingerprint density at radius 2 is 2.41 bits per heavy atom. The molecule has 1 atom stereocenters. The molecule has 1 unspecified atom stereocenters. The topological polar surface area (TPSA) is 95.7 Å². The van der Waals surface area contributed by atoms with Gasteiger partial charge in [0.25, 0.3) is 0 Å². The number of rotatable bonds is 5. The van der Waals surface area contributed by atoms with Crippen molar-refractivity contribution in [3.63, 3.8) is 0 Å². The van der Waals surface area contributed by atoms with Gasteiger partial charge in [-0.2, -0.15) is 15.5 Å². The van der Waals surface area contributed by atoms with Gasteiger partial charge in [0.1, 0.15) is 18.0 Å². The first kappa shape index (κ1) is 14.7. The number of hydrogen-bond donors (Lipinski definition) is 1. The van der Waals surface area contributed by atoms with E-state index in [0.29, 0.717) is 12.2 Å². The van der Waals surface area contributed by atoms with Gasteiger partial charge in [-0.1, -0.05) is 6.92 Å². The average Bonchev–Trinajstić information content (AvgIpc) is 3.22. The van der Waals surface area contributed by atoms with Crippen molar-refractivity contribution in [1.82, 2.24) is 29.9 Å². The lowest BCUT2D eigenvalue weighted by Crippen LogP contribution is -2.40. The van der Waals surface area contributed by atoms with E-state index >= 15 is 0 Å². The van der Waals surface area contributed by atoms with Crippen molar-refractivity contribution in [1.29, 1.82) is 5.26 Å². The molecule has 8 heteroatoms. The van der Waals surface area contributed by atoms with Crippen LogP contribution >= 0.6 is 0 Å². The second-order valence-electron chi connectivity index (χ2n) is 5.26. The van der Waals surface area contributed by atoms with Crippen molar-refractivity contribution in [3.05, 3.63) is 29.6 Å². The van der Waals surface area contributed by atoms with Crippen LogP contribution in [0.15, 0.2) is 12.4 Å². The second kappa shape index (κ2) is 6.68. The van der Waals surface area contributed by atoms with E-state index in [-0.39, 0.29) is 6.10 Å². The molecule has 0 spiro atoms. The minimum absolute atomic E-state index is 0.0856. The molecule has 1 aliphatic rings. The van der Waals surface area contributed by atoms with Crippen molar-refractivity contribution in [2.24, 2.45) is 0 Å². The Labute approximate surface area is 128 Å². The van der Waals surface area contributed by atoms with E-state index in [0.717, 1.165) is 44.2 Å². The highest BCUT2D eigenvalue weighted by molar-refractivity contribution is 5.21. The van der Waals surface area contributed by atoms with E-state index in [4.69, 9.17) is 10.00 Å². The Kier molecular flexibility index (Phi) is 4.46. The average molecular weight is 301 g/mol. The number of H-pyrrole nitrogens is 1. The molecule has 2 aromatic heterocycles. The zero-order chi connectivity index (χ0) is 15.4. The first-order valence-electron chi connectivity index (χ1n) is 7.46. The largest absolute Gasteiger partial charge is 0.367 e. The van der Waals surface area contributed by atoms with E-state index in [1.54, 1.807) is 17.1 Å². The lowest BCUT2D eigenvalue weighted by atomic mass is 10.2. The van der Waals surface area contributed by atoms with Gasteiger partial charge in [-0.3, -0.25) is 14.7 Å². The zero-order valence-corrected chi connectivity index (χ0v) is 12.6. The van der Waals surface area contributed by atoms with E-state index in [1.165, 1.54) is 0 Å². The third-order valence-electron chi connectivity index (χ3n) is 3.73. The van der Waals surface area contributed by atoms with E-state index in [1.807, 2.05) is 6.92 Å². The molecular weight excluding hydrogens is 282 g/mol. The summed E-state index contributed by atoms with van der Waals surface area (Å²) in [6.45, 7) is 5.97. The smallest absolute Gasteiger partial charge is 0.180 e. The Bertz CT molecular complexity index is 656. The van der Waals surface area contributed by atoms with E-state index < -0.39 is 0 Å². The van der Waals surface area contributed by atoms with Crippen molar-refractivity contribution in [3.8, 4) is 6.07 Å². The normalized spacial score (nSPS) is 19.2. The number of nitriles is 1. The van der Waals surface area contributed by atoms with Gasteiger partial charge in [0.05, 0.1) is 24.9 Å². The van der Waals surface area contributed by atoms with Crippen LogP contribution in [0.4, 0.5) is 0 Å². The maximum Gasteiger partial charge on any atom is 0.180 e. The van der Waals surface area contributed by atoms with Gasteiger partial charge in [0.15, 0.2) is 5.82 Å². The summed E-state index contributed by atoms with van der Waals surface area (Å²) in [4.78, 5) is 6.76. The highest BCUT2D eigenvalue weighted by Gasteiger charge is 2.25. The van der Waals surface area contributed by atoms with Gasteiger partial charge in [-0.25, -0.2) is 4.98 Å². The molecule has 0 aliphatic carbocycles. The first-order valence-corrected chi connectivity index (χ1v) is 7.46. The fourth-order valence-corrected chi connectivity index (χ4v) is 2.46. The number of hydrogen-bond acceptors (Lipinski definition) is 6. The van der Waals surface area contributed by atoms with Crippen molar-refractivity contribution in [2.45, 2.75) is 26.0 Å². The Balaban J connectivity index is 1.55. The fraction of sp³-hybridized carbons (Fsp3) is 0.571. The van der Waals surface area contributed by atoms with Gasteiger partial charge in [0.2, 0.25) is 0 Å². The summed E-state index contributed by atoms with van der Waals surface area (Å²) in [6, 6.07) is 2.08.